The monoisotopic (exact) mass is 508 g/mol. The molecule has 2 atom stereocenters. The van der Waals surface area contributed by atoms with Gasteiger partial charge in [0.2, 0.25) is 10.0 Å². The molecule has 0 radical (unpaired) electrons. The highest BCUT2D eigenvalue weighted by atomic mass is 32.2. The summed E-state index contributed by atoms with van der Waals surface area (Å²) in [6, 6.07) is 12.2. The summed E-state index contributed by atoms with van der Waals surface area (Å²) >= 11 is 0. The average Bonchev–Trinajstić information content (AvgIpc) is 3.48. The maximum Gasteiger partial charge on any atom is 0.214 e. The molecule has 0 N–H and O–H groups in total. The molecule has 2 aliphatic rings. The minimum atomic E-state index is -3.35. The fourth-order valence-corrected chi connectivity index (χ4v) is 7.39. The Morgan fingerprint density at radius 2 is 1.97 bits per heavy atom. The normalized spacial score (nSPS) is 19.6. The van der Waals surface area contributed by atoms with E-state index in [1.807, 2.05) is 36.0 Å². The molecule has 0 saturated carbocycles. The van der Waals surface area contributed by atoms with Gasteiger partial charge in [0, 0.05) is 49.3 Å². The minimum absolute atomic E-state index is 0.165. The summed E-state index contributed by atoms with van der Waals surface area (Å²) < 4.78 is 43.5. The zero-order valence-electron chi connectivity index (χ0n) is 20.9. The van der Waals surface area contributed by atoms with E-state index < -0.39 is 10.0 Å². The lowest BCUT2D eigenvalue weighted by atomic mass is 9.80. The number of allylic oxidation sites excluding steroid dienone is 1. The molecule has 2 heterocycles. The molecule has 0 amide bonds. The van der Waals surface area contributed by atoms with Crippen LogP contribution in [0.25, 0.3) is 5.69 Å². The van der Waals surface area contributed by atoms with E-state index in [9.17, 15) is 12.8 Å². The molecule has 5 rings (SSSR count). The Morgan fingerprint density at radius 3 is 2.69 bits per heavy atom. The fourth-order valence-electron chi connectivity index (χ4n) is 5.84. The van der Waals surface area contributed by atoms with Gasteiger partial charge in [-0.1, -0.05) is 31.1 Å². The number of pyridine rings is 1. The van der Waals surface area contributed by atoms with Gasteiger partial charge in [0.1, 0.15) is 5.82 Å². The second kappa shape index (κ2) is 10.3. The molecule has 8 heteroatoms. The van der Waals surface area contributed by atoms with Crippen molar-refractivity contribution in [1.82, 2.24) is 19.1 Å². The quantitative estimate of drug-likeness (QED) is 0.379. The Bertz CT molecular complexity index is 1350. The molecule has 2 aliphatic carbocycles. The van der Waals surface area contributed by atoms with Crippen LogP contribution in [0, 0.1) is 11.7 Å². The van der Waals surface area contributed by atoms with Crippen molar-refractivity contribution >= 4 is 10.0 Å². The van der Waals surface area contributed by atoms with Crippen LogP contribution in [0.15, 0.2) is 66.0 Å². The zero-order chi connectivity index (χ0) is 25.3. The van der Waals surface area contributed by atoms with Gasteiger partial charge in [-0.25, -0.2) is 21.8 Å². The zero-order valence-corrected chi connectivity index (χ0v) is 21.7. The van der Waals surface area contributed by atoms with E-state index in [4.69, 9.17) is 0 Å². The summed E-state index contributed by atoms with van der Waals surface area (Å²) in [5.41, 5.74) is 6.89. The highest BCUT2D eigenvalue weighted by Gasteiger charge is 2.38. The summed E-state index contributed by atoms with van der Waals surface area (Å²) in [6.07, 6.45) is 7.62. The van der Waals surface area contributed by atoms with Crippen LogP contribution >= 0.6 is 0 Å². The average molecular weight is 509 g/mol. The van der Waals surface area contributed by atoms with Gasteiger partial charge in [-0.2, -0.15) is 5.10 Å². The number of sulfonamides is 1. The van der Waals surface area contributed by atoms with Crippen molar-refractivity contribution in [2.45, 2.75) is 51.9 Å². The predicted molar refractivity (Wildman–Crippen MR) is 139 cm³/mol. The molecule has 190 valence electrons. The largest absolute Gasteiger partial charge is 0.261 e. The van der Waals surface area contributed by atoms with E-state index in [0.717, 1.165) is 36.3 Å². The van der Waals surface area contributed by atoms with Crippen LogP contribution in [-0.4, -0.2) is 46.3 Å². The third kappa shape index (κ3) is 4.89. The maximum absolute atomic E-state index is 13.4. The summed E-state index contributed by atoms with van der Waals surface area (Å²) in [6.45, 7) is 5.08. The van der Waals surface area contributed by atoms with Crippen LogP contribution in [0.2, 0.25) is 0 Å². The first kappa shape index (κ1) is 24.8. The van der Waals surface area contributed by atoms with Crippen LogP contribution in [0.3, 0.4) is 0 Å². The Hall–Kier alpha value is -2.84. The van der Waals surface area contributed by atoms with Crippen molar-refractivity contribution in [3.63, 3.8) is 0 Å². The minimum Gasteiger partial charge on any atom is -0.261 e. The van der Waals surface area contributed by atoms with Gasteiger partial charge in [0.15, 0.2) is 0 Å². The molecule has 0 spiro atoms. The lowest BCUT2D eigenvalue weighted by Crippen LogP contribution is -2.39. The molecule has 0 bridgehead atoms. The molecule has 0 aliphatic heterocycles. The Morgan fingerprint density at radius 1 is 1.17 bits per heavy atom. The number of nitrogens with zero attached hydrogens (tertiary/aromatic N) is 4. The van der Waals surface area contributed by atoms with Crippen LogP contribution in [0.1, 0.15) is 56.0 Å². The number of aromatic nitrogens is 3. The number of hydrogen-bond donors (Lipinski definition) is 0. The SMILES string of the molecule is CCCS(=O)(=O)N(CCc1ccccn1)C[C@H]1CCC2=C1[C@@H](C)c1cnn(-c3ccc(F)cc3)c1C2. The Balaban J connectivity index is 1.38. The summed E-state index contributed by atoms with van der Waals surface area (Å²) in [4.78, 5) is 4.38. The van der Waals surface area contributed by atoms with Gasteiger partial charge >= 0.3 is 0 Å². The second-order valence-corrected chi connectivity index (χ2v) is 12.0. The van der Waals surface area contributed by atoms with Crippen molar-refractivity contribution in [1.29, 1.82) is 0 Å². The smallest absolute Gasteiger partial charge is 0.214 e. The fraction of sp³-hybridized carbons (Fsp3) is 0.429. The molecule has 1 aromatic carbocycles. The van der Waals surface area contributed by atoms with E-state index in [-0.39, 0.29) is 23.4 Å². The summed E-state index contributed by atoms with van der Waals surface area (Å²) in [5, 5.41) is 4.64. The van der Waals surface area contributed by atoms with E-state index in [1.165, 1.54) is 28.8 Å². The van der Waals surface area contributed by atoms with Crippen LogP contribution in [0.4, 0.5) is 4.39 Å². The van der Waals surface area contributed by atoms with E-state index in [1.54, 1.807) is 22.6 Å². The van der Waals surface area contributed by atoms with Crippen LogP contribution in [0.5, 0.6) is 0 Å². The molecular formula is C28H33FN4O2S. The first-order valence-corrected chi connectivity index (χ1v) is 14.4. The highest BCUT2D eigenvalue weighted by molar-refractivity contribution is 7.89. The molecule has 0 saturated heterocycles. The van der Waals surface area contributed by atoms with Crippen molar-refractivity contribution in [2.75, 3.05) is 18.8 Å². The topological polar surface area (TPSA) is 68.1 Å². The molecule has 6 nitrogen and oxygen atoms in total. The molecular weight excluding hydrogens is 475 g/mol. The molecule has 36 heavy (non-hydrogen) atoms. The third-order valence-electron chi connectivity index (χ3n) is 7.55. The van der Waals surface area contributed by atoms with Crippen molar-refractivity contribution in [2.24, 2.45) is 5.92 Å². The summed E-state index contributed by atoms with van der Waals surface area (Å²) in [5.74, 6) is 0.282. The molecule has 3 aromatic rings. The van der Waals surface area contributed by atoms with E-state index >= 15 is 0 Å². The van der Waals surface area contributed by atoms with Crippen LogP contribution in [-0.2, 0) is 22.9 Å². The van der Waals surface area contributed by atoms with Gasteiger partial charge < -0.3 is 0 Å². The Labute approximate surface area is 212 Å². The second-order valence-electron chi connectivity index (χ2n) is 9.87. The predicted octanol–water partition coefficient (Wildman–Crippen LogP) is 5.06. The van der Waals surface area contributed by atoms with Gasteiger partial charge in [-0.15, -0.1) is 0 Å². The first-order valence-electron chi connectivity index (χ1n) is 12.8. The van der Waals surface area contributed by atoms with Crippen molar-refractivity contribution in [3.8, 4) is 5.69 Å². The lowest BCUT2D eigenvalue weighted by molar-refractivity contribution is 0.359. The molecule has 0 fully saturated rings. The lowest BCUT2D eigenvalue weighted by Gasteiger charge is -2.30. The number of fused-ring (bicyclic) bond motifs is 1. The standard InChI is InChI=1S/C28H33FN4O2S/c1-3-16-36(34,35)32(15-13-24-6-4-5-14-30-24)19-22-8-7-21-17-27-26(20(2)28(21)22)18-31-33(27)25-11-9-23(29)10-12-25/h4-6,9-12,14,18,20,22H,3,7-8,13,15-17,19H2,1-2H3/t20-,22+/m0/s1. The van der Waals surface area contributed by atoms with Crippen LogP contribution < -0.4 is 0 Å². The first-order chi connectivity index (χ1) is 17.4. The maximum atomic E-state index is 13.4. The number of halogens is 1. The number of benzene rings is 1. The van der Waals surface area contributed by atoms with Gasteiger partial charge in [0.25, 0.3) is 0 Å². The summed E-state index contributed by atoms with van der Waals surface area (Å²) in [7, 11) is -3.35. The van der Waals surface area contributed by atoms with E-state index in [2.05, 4.69) is 17.0 Å². The number of rotatable bonds is 9. The van der Waals surface area contributed by atoms with E-state index in [0.29, 0.717) is 25.9 Å². The third-order valence-corrected chi connectivity index (χ3v) is 9.59. The van der Waals surface area contributed by atoms with Crippen molar-refractivity contribution in [3.05, 3.63) is 88.8 Å². The molecule has 2 aromatic heterocycles. The van der Waals surface area contributed by atoms with Gasteiger partial charge in [-0.3, -0.25) is 4.98 Å². The molecule has 0 unspecified atom stereocenters. The highest BCUT2D eigenvalue weighted by Crippen LogP contribution is 2.47. The Kier molecular flexibility index (Phi) is 7.08. The van der Waals surface area contributed by atoms with Gasteiger partial charge in [0.05, 0.1) is 23.3 Å². The number of hydrogen-bond acceptors (Lipinski definition) is 4. The van der Waals surface area contributed by atoms with Crippen molar-refractivity contribution < 1.29 is 12.8 Å². The van der Waals surface area contributed by atoms with Gasteiger partial charge in [-0.05, 0) is 61.6 Å².